The van der Waals surface area contributed by atoms with E-state index >= 15 is 0 Å². The molecular formula is C20H23N5O2. The number of likely N-dealkylation sites (tertiary alicyclic amines) is 1. The molecule has 140 valence electrons. The largest absolute Gasteiger partial charge is 0.383 e. The van der Waals surface area contributed by atoms with Gasteiger partial charge in [0.2, 0.25) is 0 Å². The summed E-state index contributed by atoms with van der Waals surface area (Å²) < 4.78 is 7.32. The number of methoxy groups -OCH3 is 1. The van der Waals surface area contributed by atoms with Gasteiger partial charge in [0, 0.05) is 57.4 Å². The summed E-state index contributed by atoms with van der Waals surface area (Å²) in [5.74, 6) is 1.28. The van der Waals surface area contributed by atoms with Crippen LogP contribution >= 0.6 is 0 Å². The fourth-order valence-electron chi connectivity index (χ4n) is 3.77. The van der Waals surface area contributed by atoms with E-state index in [4.69, 9.17) is 4.74 Å². The summed E-state index contributed by atoms with van der Waals surface area (Å²) in [5, 5.41) is 0. The van der Waals surface area contributed by atoms with Crippen molar-refractivity contribution in [3.8, 4) is 0 Å². The molecule has 4 rings (SSSR count). The number of carbonyl (C=O) groups excluding carboxylic acids is 1. The second kappa shape index (κ2) is 7.84. The Hall–Kier alpha value is -2.80. The maximum Gasteiger partial charge on any atom is 0.256 e. The Bertz CT molecular complexity index is 934. The summed E-state index contributed by atoms with van der Waals surface area (Å²) in [7, 11) is 1.70. The van der Waals surface area contributed by atoms with Crippen molar-refractivity contribution >= 4 is 16.9 Å². The predicted octanol–water partition coefficient (Wildman–Crippen LogP) is 2.49. The van der Waals surface area contributed by atoms with Crippen molar-refractivity contribution in [2.45, 2.75) is 25.3 Å². The smallest absolute Gasteiger partial charge is 0.256 e. The van der Waals surface area contributed by atoms with Crippen LogP contribution in [0.15, 0.2) is 43.0 Å². The minimum absolute atomic E-state index is 0.0146. The lowest BCUT2D eigenvalue weighted by Gasteiger charge is -2.33. The minimum atomic E-state index is 0.0146. The van der Waals surface area contributed by atoms with Crippen molar-refractivity contribution in [2.24, 2.45) is 0 Å². The number of para-hydroxylation sites is 1. The van der Waals surface area contributed by atoms with Crippen LogP contribution in [0.5, 0.6) is 0 Å². The molecule has 1 aromatic carbocycles. The van der Waals surface area contributed by atoms with E-state index in [1.807, 2.05) is 35.5 Å². The summed E-state index contributed by atoms with van der Waals surface area (Å²) in [4.78, 5) is 28.4. The third-order valence-electron chi connectivity index (χ3n) is 5.09. The van der Waals surface area contributed by atoms with Crippen LogP contribution < -0.4 is 0 Å². The van der Waals surface area contributed by atoms with E-state index in [9.17, 15) is 4.79 Å². The molecule has 0 bridgehead atoms. The number of aromatic nitrogens is 4. The van der Waals surface area contributed by atoms with Crippen molar-refractivity contribution in [2.75, 3.05) is 26.8 Å². The SMILES string of the molecule is COCCn1ccnc1C1CCCN(C(=O)c2cccc3nccnc23)C1. The maximum absolute atomic E-state index is 13.2. The molecule has 1 unspecified atom stereocenters. The molecule has 0 spiro atoms. The zero-order valence-corrected chi connectivity index (χ0v) is 15.4. The summed E-state index contributed by atoms with van der Waals surface area (Å²) in [6.45, 7) is 2.84. The number of imidazole rings is 1. The Morgan fingerprint density at radius 1 is 1.22 bits per heavy atom. The van der Waals surface area contributed by atoms with E-state index in [1.54, 1.807) is 19.5 Å². The lowest BCUT2D eigenvalue weighted by Crippen LogP contribution is -2.40. The Kier molecular flexibility index (Phi) is 5.11. The van der Waals surface area contributed by atoms with E-state index in [0.717, 1.165) is 37.3 Å². The van der Waals surface area contributed by atoms with E-state index in [2.05, 4.69) is 19.5 Å². The second-order valence-electron chi connectivity index (χ2n) is 6.79. The first kappa shape index (κ1) is 17.6. The van der Waals surface area contributed by atoms with Crippen molar-refractivity contribution in [3.05, 3.63) is 54.4 Å². The fourth-order valence-corrected chi connectivity index (χ4v) is 3.77. The Balaban J connectivity index is 1.56. The number of ether oxygens (including phenoxy) is 1. The molecule has 0 saturated carbocycles. The molecule has 0 aliphatic carbocycles. The van der Waals surface area contributed by atoms with E-state index in [1.165, 1.54) is 0 Å². The van der Waals surface area contributed by atoms with Gasteiger partial charge < -0.3 is 14.2 Å². The summed E-state index contributed by atoms with van der Waals surface area (Å²) in [5.41, 5.74) is 2.02. The van der Waals surface area contributed by atoms with Gasteiger partial charge in [0.1, 0.15) is 11.3 Å². The van der Waals surface area contributed by atoms with E-state index in [-0.39, 0.29) is 11.8 Å². The van der Waals surface area contributed by atoms with Crippen molar-refractivity contribution in [1.82, 2.24) is 24.4 Å². The molecule has 1 atom stereocenters. The summed E-state index contributed by atoms with van der Waals surface area (Å²) in [6.07, 6.45) is 9.08. The summed E-state index contributed by atoms with van der Waals surface area (Å²) in [6, 6.07) is 5.58. The fraction of sp³-hybridized carbons (Fsp3) is 0.400. The van der Waals surface area contributed by atoms with Crippen LogP contribution in [0.25, 0.3) is 11.0 Å². The van der Waals surface area contributed by atoms with Gasteiger partial charge in [-0.3, -0.25) is 14.8 Å². The molecular weight excluding hydrogens is 342 g/mol. The lowest BCUT2D eigenvalue weighted by molar-refractivity contribution is 0.0704. The van der Waals surface area contributed by atoms with E-state index < -0.39 is 0 Å². The molecule has 0 N–H and O–H groups in total. The van der Waals surface area contributed by atoms with Gasteiger partial charge in [-0.05, 0) is 25.0 Å². The number of rotatable bonds is 5. The van der Waals surface area contributed by atoms with Crippen LogP contribution in [0.2, 0.25) is 0 Å². The van der Waals surface area contributed by atoms with Gasteiger partial charge >= 0.3 is 0 Å². The van der Waals surface area contributed by atoms with Crippen LogP contribution in [-0.2, 0) is 11.3 Å². The molecule has 1 fully saturated rings. The van der Waals surface area contributed by atoms with E-state index in [0.29, 0.717) is 24.2 Å². The average molecular weight is 365 g/mol. The third kappa shape index (κ3) is 3.55. The molecule has 1 aliphatic rings. The first-order chi connectivity index (χ1) is 13.3. The van der Waals surface area contributed by atoms with Crippen LogP contribution in [0.3, 0.4) is 0 Å². The topological polar surface area (TPSA) is 73.1 Å². The van der Waals surface area contributed by atoms with Gasteiger partial charge in [-0.2, -0.15) is 0 Å². The molecule has 1 saturated heterocycles. The lowest BCUT2D eigenvalue weighted by atomic mass is 9.96. The van der Waals surface area contributed by atoms with Gasteiger partial charge in [-0.25, -0.2) is 4.98 Å². The van der Waals surface area contributed by atoms with Gasteiger partial charge in [0.15, 0.2) is 0 Å². The van der Waals surface area contributed by atoms with Gasteiger partial charge in [0.05, 0.1) is 17.7 Å². The zero-order valence-electron chi connectivity index (χ0n) is 15.4. The van der Waals surface area contributed by atoms with Gasteiger partial charge in [-0.15, -0.1) is 0 Å². The molecule has 7 heteroatoms. The highest BCUT2D eigenvalue weighted by atomic mass is 16.5. The van der Waals surface area contributed by atoms with Gasteiger partial charge in [0.25, 0.3) is 5.91 Å². The van der Waals surface area contributed by atoms with Crippen LogP contribution in [0.4, 0.5) is 0 Å². The number of hydrogen-bond donors (Lipinski definition) is 0. The number of piperidine rings is 1. The number of benzene rings is 1. The molecule has 3 heterocycles. The molecule has 0 radical (unpaired) electrons. The first-order valence-corrected chi connectivity index (χ1v) is 9.27. The predicted molar refractivity (Wildman–Crippen MR) is 102 cm³/mol. The van der Waals surface area contributed by atoms with Crippen molar-refractivity contribution in [3.63, 3.8) is 0 Å². The minimum Gasteiger partial charge on any atom is -0.383 e. The van der Waals surface area contributed by atoms with Crippen molar-refractivity contribution in [1.29, 1.82) is 0 Å². The quantitative estimate of drug-likeness (QED) is 0.695. The van der Waals surface area contributed by atoms with Crippen LogP contribution in [0, 0.1) is 0 Å². The molecule has 2 aromatic heterocycles. The number of nitrogens with zero attached hydrogens (tertiary/aromatic N) is 5. The Labute approximate surface area is 158 Å². The second-order valence-corrected chi connectivity index (χ2v) is 6.79. The molecule has 1 aliphatic heterocycles. The highest BCUT2D eigenvalue weighted by Gasteiger charge is 2.28. The number of carbonyl (C=O) groups is 1. The monoisotopic (exact) mass is 365 g/mol. The molecule has 3 aromatic rings. The van der Waals surface area contributed by atoms with Gasteiger partial charge in [-0.1, -0.05) is 6.07 Å². The third-order valence-corrected chi connectivity index (χ3v) is 5.09. The highest BCUT2D eigenvalue weighted by molar-refractivity contribution is 6.04. The Morgan fingerprint density at radius 2 is 2.11 bits per heavy atom. The molecule has 1 amide bonds. The average Bonchev–Trinajstić information content (AvgIpc) is 3.20. The number of hydrogen-bond acceptors (Lipinski definition) is 5. The number of amides is 1. The maximum atomic E-state index is 13.2. The summed E-state index contributed by atoms with van der Waals surface area (Å²) >= 11 is 0. The zero-order chi connectivity index (χ0) is 18.6. The molecule has 27 heavy (non-hydrogen) atoms. The number of fused-ring (bicyclic) bond motifs is 1. The first-order valence-electron chi connectivity index (χ1n) is 9.27. The molecule has 7 nitrogen and oxygen atoms in total. The van der Waals surface area contributed by atoms with Crippen LogP contribution in [0.1, 0.15) is 34.9 Å². The normalized spacial score (nSPS) is 17.4. The van der Waals surface area contributed by atoms with Crippen molar-refractivity contribution < 1.29 is 9.53 Å². The van der Waals surface area contributed by atoms with Crippen LogP contribution in [-0.4, -0.2) is 57.1 Å². The highest BCUT2D eigenvalue weighted by Crippen LogP contribution is 2.27. The Morgan fingerprint density at radius 3 is 3.00 bits per heavy atom. The standard InChI is InChI=1S/C20H23N5O2/c1-27-13-12-24-11-9-23-19(24)15-4-3-10-25(14-15)20(26)16-5-2-6-17-18(16)22-8-7-21-17/h2,5-9,11,15H,3-4,10,12-14H2,1H3.